The van der Waals surface area contributed by atoms with Gasteiger partial charge < -0.3 is 11.1 Å². The zero-order chi connectivity index (χ0) is 12.1. The van der Waals surface area contributed by atoms with Crippen LogP contribution in [0, 0.1) is 0 Å². The molecular formula is C11H20N6. The number of hydrogen-bond acceptors (Lipinski definition) is 3. The lowest BCUT2D eigenvalue weighted by atomic mass is 9.96. The Morgan fingerprint density at radius 2 is 2.29 bits per heavy atom. The minimum atomic E-state index is 0.474. The van der Waals surface area contributed by atoms with E-state index in [1.165, 1.54) is 38.4 Å². The molecule has 0 radical (unpaired) electrons. The second kappa shape index (κ2) is 5.65. The fourth-order valence-corrected chi connectivity index (χ4v) is 2.12. The summed E-state index contributed by atoms with van der Waals surface area (Å²) < 4.78 is 1.71. The Kier molecular flexibility index (Phi) is 3.95. The Labute approximate surface area is 101 Å². The summed E-state index contributed by atoms with van der Waals surface area (Å²) in [7, 11) is 1.85. The van der Waals surface area contributed by atoms with Gasteiger partial charge in [0.15, 0.2) is 5.96 Å². The van der Waals surface area contributed by atoms with Crippen molar-refractivity contribution in [3.8, 4) is 0 Å². The highest BCUT2D eigenvalue weighted by atomic mass is 15.3. The van der Waals surface area contributed by atoms with Crippen molar-refractivity contribution < 1.29 is 0 Å². The van der Waals surface area contributed by atoms with Crippen LogP contribution in [0.5, 0.6) is 0 Å². The summed E-state index contributed by atoms with van der Waals surface area (Å²) in [5, 5.41) is 7.26. The van der Waals surface area contributed by atoms with Crippen molar-refractivity contribution in [2.75, 3.05) is 0 Å². The summed E-state index contributed by atoms with van der Waals surface area (Å²) in [6, 6.07) is 0.493. The van der Waals surface area contributed by atoms with Crippen LogP contribution in [0.3, 0.4) is 0 Å². The van der Waals surface area contributed by atoms with Gasteiger partial charge in [-0.1, -0.05) is 19.3 Å². The molecule has 0 amide bonds. The third-order valence-corrected chi connectivity index (χ3v) is 3.15. The molecule has 1 fully saturated rings. The maximum atomic E-state index is 5.85. The van der Waals surface area contributed by atoms with Gasteiger partial charge >= 0.3 is 0 Å². The van der Waals surface area contributed by atoms with Crippen molar-refractivity contribution in [1.82, 2.24) is 20.1 Å². The molecule has 6 nitrogen and oxygen atoms in total. The van der Waals surface area contributed by atoms with E-state index in [0.717, 1.165) is 5.82 Å². The number of aryl methyl sites for hydroxylation is 1. The number of aromatic nitrogens is 3. The summed E-state index contributed by atoms with van der Waals surface area (Å²) in [4.78, 5) is 8.38. The molecule has 94 valence electrons. The quantitative estimate of drug-likeness (QED) is 0.593. The first-order valence-corrected chi connectivity index (χ1v) is 6.15. The molecule has 0 aromatic carbocycles. The molecule has 1 heterocycles. The topological polar surface area (TPSA) is 81.1 Å². The van der Waals surface area contributed by atoms with Gasteiger partial charge in [-0.15, -0.1) is 0 Å². The molecule has 6 heteroatoms. The summed E-state index contributed by atoms with van der Waals surface area (Å²) in [5.41, 5.74) is 5.85. The molecule has 1 aliphatic carbocycles. The van der Waals surface area contributed by atoms with Crippen molar-refractivity contribution in [2.24, 2.45) is 17.8 Å². The minimum absolute atomic E-state index is 0.474. The van der Waals surface area contributed by atoms with Crippen molar-refractivity contribution in [2.45, 2.75) is 44.7 Å². The molecule has 1 saturated carbocycles. The van der Waals surface area contributed by atoms with Gasteiger partial charge in [0.25, 0.3) is 0 Å². The predicted octanol–water partition coefficient (Wildman–Crippen LogP) is 0.552. The Morgan fingerprint density at radius 1 is 1.53 bits per heavy atom. The molecule has 17 heavy (non-hydrogen) atoms. The number of aliphatic imine (C=N–C) groups is 1. The Balaban J connectivity index is 1.82. The van der Waals surface area contributed by atoms with Crippen LogP contribution in [0.15, 0.2) is 11.3 Å². The van der Waals surface area contributed by atoms with Crippen LogP contribution in [0.4, 0.5) is 0 Å². The first-order valence-electron chi connectivity index (χ1n) is 6.15. The van der Waals surface area contributed by atoms with Gasteiger partial charge in [0.1, 0.15) is 18.7 Å². The predicted molar refractivity (Wildman–Crippen MR) is 66.3 cm³/mol. The van der Waals surface area contributed by atoms with E-state index in [1.54, 1.807) is 4.68 Å². The number of rotatable bonds is 3. The van der Waals surface area contributed by atoms with Crippen molar-refractivity contribution >= 4 is 5.96 Å². The average Bonchev–Trinajstić information content (AvgIpc) is 2.74. The van der Waals surface area contributed by atoms with Gasteiger partial charge in [-0.3, -0.25) is 4.68 Å². The van der Waals surface area contributed by atoms with Crippen molar-refractivity contribution in [3.05, 3.63) is 12.2 Å². The fourth-order valence-electron chi connectivity index (χ4n) is 2.12. The van der Waals surface area contributed by atoms with Gasteiger partial charge in [0.2, 0.25) is 0 Å². The number of nitrogens with zero attached hydrogens (tertiary/aromatic N) is 4. The lowest BCUT2D eigenvalue weighted by Gasteiger charge is -2.23. The lowest BCUT2D eigenvalue weighted by molar-refractivity contribution is 0.412. The summed E-state index contributed by atoms with van der Waals surface area (Å²) in [5.74, 6) is 1.33. The van der Waals surface area contributed by atoms with E-state index >= 15 is 0 Å². The van der Waals surface area contributed by atoms with Gasteiger partial charge in [-0.05, 0) is 12.8 Å². The molecule has 0 unspecified atom stereocenters. The molecule has 0 aliphatic heterocycles. The number of hydrogen-bond donors (Lipinski definition) is 2. The second-order valence-electron chi connectivity index (χ2n) is 4.48. The standard InChI is InChI=1S/C11H20N6/c1-17-10(14-8-15-17)7-13-11(12)16-9-5-3-2-4-6-9/h8-9H,2-7H2,1H3,(H3,12,13,16). The Morgan fingerprint density at radius 3 is 2.94 bits per heavy atom. The molecule has 0 saturated heterocycles. The zero-order valence-corrected chi connectivity index (χ0v) is 10.3. The third kappa shape index (κ3) is 3.44. The molecule has 2 rings (SSSR count). The van der Waals surface area contributed by atoms with Gasteiger partial charge in [-0.2, -0.15) is 5.10 Å². The molecule has 0 spiro atoms. The highest BCUT2D eigenvalue weighted by Gasteiger charge is 2.13. The Hall–Kier alpha value is -1.59. The molecule has 0 bridgehead atoms. The van der Waals surface area contributed by atoms with Crippen LogP contribution in [0.25, 0.3) is 0 Å². The van der Waals surface area contributed by atoms with E-state index in [0.29, 0.717) is 18.5 Å². The SMILES string of the molecule is Cn1ncnc1CN=C(N)NC1CCCCC1. The molecule has 3 N–H and O–H groups in total. The highest BCUT2D eigenvalue weighted by Crippen LogP contribution is 2.16. The van der Waals surface area contributed by atoms with Crippen LogP contribution < -0.4 is 11.1 Å². The second-order valence-corrected chi connectivity index (χ2v) is 4.48. The molecule has 1 aromatic heterocycles. The maximum absolute atomic E-state index is 5.85. The highest BCUT2D eigenvalue weighted by molar-refractivity contribution is 5.78. The van der Waals surface area contributed by atoms with Gasteiger partial charge in [0.05, 0.1) is 0 Å². The largest absolute Gasteiger partial charge is 0.370 e. The maximum Gasteiger partial charge on any atom is 0.189 e. The van der Waals surface area contributed by atoms with Crippen LogP contribution in [0.1, 0.15) is 37.9 Å². The first kappa shape index (κ1) is 11.9. The van der Waals surface area contributed by atoms with Crippen LogP contribution >= 0.6 is 0 Å². The first-order chi connectivity index (χ1) is 8.25. The average molecular weight is 236 g/mol. The normalized spacial score (nSPS) is 18.3. The van der Waals surface area contributed by atoms with Crippen LogP contribution in [0.2, 0.25) is 0 Å². The molecule has 1 aliphatic rings. The number of nitrogens with one attached hydrogen (secondary N) is 1. The summed E-state index contributed by atoms with van der Waals surface area (Å²) >= 11 is 0. The van der Waals surface area contributed by atoms with Crippen LogP contribution in [-0.2, 0) is 13.6 Å². The minimum Gasteiger partial charge on any atom is -0.370 e. The van der Waals surface area contributed by atoms with Gasteiger partial charge in [0, 0.05) is 13.1 Å². The molecular weight excluding hydrogens is 216 g/mol. The number of nitrogens with two attached hydrogens (primary N) is 1. The molecule has 0 atom stereocenters. The van der Waals surface area contributed by atoms with E-state index in [1.807, 2.05) is 7.05 Å². The lowest BCUT2D eigenvalue weighted by Crippen LogP contribution is -2.41. The summed E-state index contributed by atoms with van der Waals surface area (Å²) in [6.45, 7) is 0.474. The molecule has 1 aromatic rings. The van der Waals surface area contributed by atoms with E-state index in [2.05, 4.69) is 20.4 Å². The smallest absolute Gasteiger partial charge is 0.189 e. The zero-order valence-electron chi connectivity index (χ0n) is 10.3. The van der Waals surface area contributed by atoms with E-state index in [4.69, 9.17) is 5.73 Å². The van der Waals surface area contributed by atoms with Crippen molar-refractivity contribution in [1.29, 1.82) is 0 Å². The number of guanidine groups is 1. The summed E-state index contributed by atoms with van der Waals surface area (Å²) in [6.07, 6.45) is 7.83. The Bertz CT molecular complexity index is 377. The van der Waals surface area contributed by atoms with E-state index < -0.39 is 0 Å². The monoisotopic (exact) mass is 236 g/mol. The van der Waals surface area contributed by atoms with E-state index in [-0.39, 0.29) is 0 Å². The van der Waals surface area contributed by atoms with Gasteiger partial charge in [-0.25, -0.2) is 9.98 Å². The fraction of sp³-hybridized carbons (Fsp3) is 0.727. The third-order valence-electron chi connectivity index (χ3n) is 3.15. The van der Waals surface area contributed by atoms with E-state index in [9.17, 15) is 0 Å². The van der Waals surface area contributed by atoms with Crippen LogP contribution in [-0.4, -0.2) is 26.8 Å². The van der Waals surface area contributed by atoms with Crippen molar-refractivity contribution in [3.63, 3.8) is 0 Å².